The summed E-state index contributed by atoms with van der Waals surface area (Å²) in [6.45, 7) is 8.42. The molecule has 0 bridgehead atoms. The third-order valence-electron chi connectivity index (χ3n) is 2.32. The lowest BCUT2D eigenvalue weighted by Gasteiger charge is -2.37. The van der Waals surface area contributed by atoms with Crippen molar-refractivity contribution in [2.75, 3.05) is 13.1 Å². The van der Waals surface area contributed by atoms with Crippen LogP contribution in [0.5, 0.6) is 0 Å². The molecule has 0 spiro atoms. The van der Waals surface area contributed by atoms with E-state index in [4.69, 9.17) is 4.84 Å². The van der Waals surface area contributed by atoms with E-state index in [1.54, 1.807) is 12.0 Å². The largest absolute Gasteiger partial charge is 0.367 e. The maximum absolute atomic E-state index is 11.5. The standard InChI is InChI=1S/C11H19NO3/c1-8(13)5-9-6-12(7-9)15-10(14)11(2,3)4/h9H,5-7H2,1-4H3. The maximum atomic E-state index is 11.5. The number of carbonyl (C=O) groups excluding carboxylic acids is 2. The van der Waals surface area contributed by atoms with Crippen LogP contribution in [0, 0.1) is 11.3 Å². The highest BCUT2D eigenvalue weighted by Gasteiger charge is 2.33. The Morgan fingerprint density at radius 1 is 1.33 bits per heavy atom. The fourth-order valence-electron chi connectivity index (χ4n) is 1.39. The molecule has 86 valence electrons. The van der Waals surface area contributed by atoms with Crippen molar-refractivity contribution in [2.24, 2.45) is 11.3 Å². The highest BCUT2D eigenvalue weighted by atomic mass is 16.7. The molecule has 0 saturated carbocycles. The van der Waals surface area contributed by atoms with Crippen molar-refractivity contribution in [1.82, 2.24) is 5.06 Å². The Morgan fingerprint density at radius 2 is 1.87 bits per heavy atom. The first kappa shape index (κ1) is 12.2. The van der Waals surface area contributed by atoms with Gasteiger partial charge < -0.3 is 9.63 Å². The first-order valence-electron chi connectivity index (χ1n) is 5.26. The van der Waals surface area contributed by atoms with Crippen molar-refractivity contribution >= 4 is 11.8 Å². The average Bonchev–Trinajstić information content (AvgIpc) is 1.97. The third-order valence-corrected chi connectivity index (χ3v) is 2.32. The van der Waals surface area contributed by atoms with Crippen LogP contribution in [0.1, 0.15) is 34.1 Å². The van der Waals surface area contributed by atoms with E-state index in [-0.39, 0.29) is 11.8 Å². The normalized spacial score (nSPS) is 18.4. The Balaban J connectivity index is 2.23. The molecule has 1 fully saturated rings. The van der Waals surface area contributed by atoms with Crippen LogP contribution in [-0.4, -0.2) is 29.9 Å². The van der Waals surface area contributed by atoms with Gasteiger partial charge in [0.1, 0.15) is 5.78 Å². The Bertz CT molecular complexity index is 261. The van der Waals surface area contributed by atoms with Gasteiger partial charge >= 0.3 is 5.97 Å². The van der Waals surface area contributed by atoms with E-state index in [0.29, 0.717) is 25.4 Å². The average molecular weight is 213 g/mol. The molecule has 1 rings (SSSR count). The predicted octanol–water partition coefficient (Wildman–Crippen LogP) is 1.40. The van der Waals surface area contributed by atoms with E-state index in [2.05, 4.69) is 0 Å². The number of hydrogen-bond donors (Lipinski definition) is 0. The number of hydroxylamine groups is 2. The molecule has 1 saturated heterocycles. The first-order chi connectivity index (χ1) is 6.79. The zero-order valence-corrected chi connectivity index (χ0v) is 9.87. The van der Waals surface area contributed by atoms with Gasteiger partial charge in [0.05, 0.1) is 5.41 Å². The summed E-state index contributed by atoms with van der Waals surface area (Å²) in [5.74, 6) is 0.334. The molecule has 15 heavy (non-hydrogen) atoms. The lowest BCUT2D eigenvalue weighted by molar-refractivity contribution is -0.228. The van der Waals surface area contributed by atoms with Crippen molar-refractivity contribution in [2.45, 2.75) is 34.1 Å². The number of nitrogens with zero attached hydrogens (tertiary/aromatic N) is 1. The zero-order valence-electron chi connectivity index (χ0n) is 9.87. The van der Waals surface area contributed by atoms with Gasteiger partial charge in [0, 0.05) is 19.5 Å². The van der Waals surface area contributed by atoms with Crippen LogP contribution < -0.4 is 0 Å². The van der Waals surface area contributed by atoms with Crippen molar-refractivity contribution in [3.63, 3.8) is 0 Å². The molecule has 0 aromatic rings. The van der Waals surface area contributed by atoms with Gasteiger partial charge in [0.2, 0.25) is 0 Å². The van der Waals surface area contributed by atoms with Gasteiger partial charge in [0.15, 0.2) is 0 Å². The van der Waals surface area contributed by atoms with E-state index < -0.39 is 5.41 Å². The van der Waals surface area contributed by atoms with Crippen LogP contribution in [0.2, 0.25) is 0 Å². The summed E-state index contributed by atoms with van der Waals surface area (Å²) >= 11 is 0. The van der Waals surface area contributed by atoms with Gasteiger partial charge in [-0.2, -0.15) is 0 Å². The molecule has 0 radical (unpaired) electrons. The number of Topliss-reactive ketones (excluding diaryl/α,β-unsaturated/α-hetero) is 1. The van der Waals surface area contributed by atoms with Gasteiger partial charge in [-0.3, -0.25) is 0 Å². The minimum atomic E-state index is -0.467. The summed E-state index contributed by atoms with van der Waals surface area (Å²) in [5, 5.41) is 1.63. The molecule has 4 heteroatoms. The highest BCUT2D eigenvalue weighted by Crippen LogP contribution is 2.23. The molecule has 1 aliphatic heterocycles. The number of rotatable bonds is 3. The van der Waals surface area contributed by atoms with Gasteiger partial charge in [-0.05, 0) is 33.6 Å². The van der Waals surface area contributed by atoms with Crippen LogP contribution in [0.15, 0.2) is 0 Å². The van der Waals surface area contributed by atoms with E-state index >= 15 is 0 Å². The lowest BCUT2D eigenvalue weighted by Crippen LogP contribution is -2.49. The van der Waals surface area contributed by atoms with Gasteiger partial charge in [-0.1, -0.05) is 0 Å². The number of ketones is 1. The Kier molecular flexibility index (Phi) is 3.50. The summed E-state index contributed by atoms with van der Waals surface area (Å²) in [7, 11) is 0. The third kappa shape index (κ3) is 3.63. The van der Waals surface area contributed by atoms with Crippen molar-refractivity contribution in [3.05, 3.63) is 0 Å². The molecule has 0 aliphatic carbocycles. The van der Waals surface area contributed by atoms with Gasteiger partial charge in [-0.25, -0.2) is 4.79 Å². The van der Waals surface area contributed by atoms with E-state index in [0.717, 1.165) is 0 Å². The summed E-state index contributed by atoms with van der Waals surface area (Å²) < 4.78 is 0. The minimum Gasteiger partial charge on any atom is -0.367 e. The zero-order chi connectivity index (χ0) is 11.6. The highest BCUT2D eigenvalue weighted by molar-refractivity contribution is 5.76. The maximum Gasteiger partial charge on any atom is 0.330 e. The predicted molar refractivity (Wildman–Crippen MR) is 55.9 cm³/mol. The fourth-order valence-corrected chi connectivity index (χ4v) is 1.39. The van der Waals surface area contributed by atoms with E-state index in [1.807, 2.05) is 20.8 Å². The molecule has 0 amide bonds. The molecule has 0 unspecified atom stereocenters. The summed E-state index contributed by atoms with van der Waals surface area (Å²) in [6, 6.07) is 0. The van der Waals surface area contributed by atoms with Crippen molar-refractivity contribution in [3.8, 4) is 0 Å². The van der Waals surface area contributed by atoms with Crippen molar-refractivity contribution in [1.29, 1.82) is 0 Å². The smallest absolute Gasteiger partial charge is 0.330 e. The summed E-state index contributed by atoms with van der Waals surface area (Å²) in [6.07, 6.45) is 0.587. The summed E-state index contributed by atoms with van der Waals surface area (Å²) in [5.41, 5.74) is -0.467. The van der Waals surface area contributed by atoms with Crippen LogP contribution in [0.25, 0.3) is 0 Å². The molecular formula is C11H19NO3. The Hall–Kier alpha value is -0.900. The molecule has 0 aromatic carbocycles. The minimum absolute atomic E-state index is 0.196. The quantitative estimate of drug-likeness (QED) is 0.711. The van der Waals surface area contributed by atoms with Crippen LogP contribution in [0.3, 0.4) is 0 Å². The fraction of sp³-hybridized carbons (Fsp3) is 0.818. The van der Waals surface area contributed by atoms with Crippen LogP contribution in [0.4, 0.5) is 0 Å². The second-order valence-electron chi connectivity index (χ2n) is 5.25. The van der Waals surface area contributed by atoms with Crippen LogP contribution >= 0.6 is 0 Å². The van der Waals surface area contributed by atoms with Crippen molar-refractivity contribution < 1.29 is 14.4 Å². The van der Waals surface area contributed by atoms with Gasteiger partial charge in [-0.15, -0.1) is 5.06 Å². The van der Waals surface area contributed by atoms with Crippen LogP contribution in [-0.2, 0) is 14.4 Å². The number of carbonyl (C=O) groups is 2. The van der Waals surface area contributed by atoms with E-state index in [1.165, 1.54) is 0 Å². The molecule has 4 nitrogen and oxygen atoms in total. The molecule has 0 atom stereocenters. The number of hydrogen-bond acceptors (Lipinski definition) is 4. The molecule has 0 aromatic heterocycles. The lowest BCUT2D eigenvalue weighted by atomic mass is 9.96. The molecule has 1 aliphatic rings. The molecule has 1 heterocycles. The SMILES string of the molecule is CC(=O)CC1CN(OC(=O)C(C)(C)C)C1. The monoisotopic (exact) mass is 213 g/mol. The summed E-state index contributed by atoms with van der Waals surface area (Å²) in [4.78, 5) is 27.4. The Morgan fingerprint density at radius 3 is 2.27 bits per heavy atom. The second-order valence-corrected chi connectivity index (χ2v) is 5.25. The topological polar surface area (TPSA) is 46.6 Å². The van der Waals surface area contributed by atoms with Gasteiger partial charge in [0.25, 0.3) is 0 Å². The second kappa shape index (κ2) is 4.31. The first-order valence-corrected chi connectivity index (χ1v) is 5.26. The molecule has 0 N–H and O–H groups in total. The Labute approximate surface area is 90.5 Å². The molecular weight excluding hydrogens is 194 g/mol. The van der Waals surface area contributed by atoms with E-state index in [9.17, 15) is 9.59 Å².